The quantitative estimate of drug-likeness (QED) is 0.292. The second kappa shape index (κ2) is 9.22. The van der Waals surface area contributed by atoms with Crippen molar-refractivity contribution in [3.05, 3.63) is 96.1 Å². The van der Waals surface area contributed by atoms with Crippen molar-refractivity contribution in [2.45, 2.75) is 13.8 Å². The molecule has 0 spiro atoms. The third-order valence-corrected chi connectivity index (χ3v) is 5.00. The first-order valence-corrected chi connectivity index (χ1v) is 10.3. The molecule has 0 aliphatic rings. The van der Waals surface area contributed by atoms with Crippen molar-refractivity contribution >= 4 is 45.6 Å². The molecule has 4 aromatic rings. The van der Waals surface area contributed by atoms with Crippen molar-refractivity contribution in [1.82, 2.24) is 0 Å². The van der Waals surface area contributed by atoms with Crippen LogP contribution in [0.3, 0.4) is 0 Å². The Kier molecular flexibility index (Phi) is 6.03. The lowest BCUT2D eigenvalue weighted by atomic mass is 10.1. The zero-order valence-corrected chi connectivity index (χ0v) is 17.9. The zero-order valence-electron chi connectivity index (χ0n) is 17.9. The Hall–Kier alpha value is -4.32. The van der Waals surface area contributed by atoms with Crippen LogP contribution in [-0.4, -0.2) is 12.1 Å². The lowest BCUT2D eigenvalue weighted by molar-refractivity contribution is 0.261. The summed E-state index contributed by atoms with van der Waals surface area (Å²) in [6.07, 6.45) is 0. The minimum atomic E-state index is -0.397. The van der Waals surface area contributed by atoms with Crippen molar-refractivity contribution in [3.63, 3.8) is 0 Å². The van der Waals surface area contributed by atoms with Gasteiger partial charge >= 0.3 is 12.1 Å². The maximum atomic E-state index is 12.6. The van der Waals surface area contributed by atoms with Crippen LogP contribution in [0.5, 0.6) is 0 Å². The highest BCUT2D eigenvalue weighted by Gasteiger charge is 2.12. The molecular formula is C26H24N4O2. The highest BCUT2D eigenvalue weighted by Crippen LogP contribution is 2.29. The highest BCUT2D eigenvalue weighted by atomic mass is 16.2. The van der Waals surface area contributed by atoms with Crippen LogP contribution in [0, 0.1) is 13.8 Å². The van der Waals surface area contributed by atoms with Gasteiger partial charge < -0.3 is 21.3 Å². The minimum absolute atomic E-state index is 0.397. The topological polar surface area (TPSA) is 82.3 Å². The van der Waals surface area contributed by atoms with E-state index < -0.39 is 12.1 Å². The number of rotatable bonds is 4. The van der Waals surface area contributed by atoms with Gasteiger partial charge in [0.1, 0.15) is 0 Å². The Bertz CT molecular complexity index is 1170. The third kappa shape index (κ3) is 5.23. The van der Waals surface area contributed by atoms with E-state index in [9.17, 15) is 9.59 Å². The average molecular weight is 425 g/mol. The number of hydrogen-bond acceptors (Lipinski definition) is 2. The predicted molar refractivity (Wildman–Crippen MR) is 132 cm³/mol. The maximum Gasteiger partial charge on any atom is 0.323 e. The lowest BCUT2D eigenvalue weighted by Gasteiger charge is -2.15. The van der Waals surface area contributed by atoms with Crippen LogP contribution >= 0.6 is 0 Å². The molecule has 0 aliphatic heterocycles. The van der Waals surface area contributed by atoms with E-state index in [2.05, 4.69) is 21.3 Å². The van der Waals surface area contributed by atoms with E-state index in [1.165, 1.54) is 0 Å². The van der Waals surface area contributed by atoms with E-state index in [1.54, 1.807) is 0 Å². The molecule has 0 bridgehead atoms. The van der Waals surface area contributed by atoms with E-state index in [0.717, 1.165) is 21.9 Å². The number of hydrogen-bond donors (Lipinski definition) is 4. The van der Waals surface area contributed by atoms with Gasteiger partial charge in [0.2, 0.25) is 0 Å². The molecule has 6 heteroatoms. The van der Waals surface area contributed by atoms with Crippen LogP contribution in [0.2, 0.25) is 0 Å². The number of urea groups is 2. The molecule has 0 heterocycles. The van der Waals surface area contributed by atoms with Crippen LogP contribution in [0.1, 0.15) is 11.1 Å². The molecule has 0 fully saturated rings. The smallest absolute Gasteiger partial charge is 0.308 e. The van der Waals surface area contributed by atoms with Gasteiger partial charge in [-0.15, -0.1) is 0 Å². The van der Waals surface area contributed by atoms with Crippen LogP contribution in [0.25, 0.3) is 10.8 Å². The van der Waals surface area contributed by atoms with Crippen molar-refractivity contribution < 1.29 is 9.59 Å². The zero-order chi connectivity index (χ0) is 22.5. The fourth-order valence-electron chi connectivity index (χ4n) is 3.29. The SMILES string of the molecule is Cc1ccc(NC(=O)Nc2cc3ccccc3cc2NC(=O)Nc2ccc(C)cc2)cc1. The van der Waals surface area contributed by atoms with E-state index in [1.807, 2.05) is 98.8 Å². The van der Waals surface area contributed by atoms with Gasteiger partial charge in [0.15, 0.2) is 0 Å². The monoisotopic (exact) mass is 424 g/mol. The van der Waals surface area contributed by atoms with E-state index in [0.29, 0.717) is 22.7 Å². The average Bonchev–Trinajstić information content (AvgIpc) is 2.77. The molecule has 160 valence electrons. The van der Waals surface area contributed by atoms with Gasteiger partial charge in [0.25, 0.3) is 0 Å². The number of anilines is 4. The van der Waals surface area contributed by atoms with Crippen LogP contribution in [-0.2, 0) is 0 Å². The van der Waals surface area contributed by atoms with Crippen molar-refractivity contribution in [2.24, 2.45) is 0 Å². The molecule has 4 amide bonds. The molecule has 0 radical (unpaired) electrons. The molecule has 4 aromatic carbocycles. The Labute approximate surface area is 186 Å². The van der Waals surface area contributed by atoms with Gasteiger partial charge in [-0.3, -0.25) is 0 Å². The van der Waals surface area contributed by atoms with Gasteiger partial charge in [-0.05, 0) is 61.0 Å². The number of fused-ring (bicyclic) bond motifs is 1. The summed E-state index contributed by atoms with van der Waals surface area (Å²) in [5.41, 5.74) is 4.56. The van der Waals surface area contributed by atoms with Crippen LogP contribution in [0.15, 0.2) is 84.9 Å². The summed E-state index contributed by atoms with van der Waals surface area (Å²) in [6, 6.07) is 25.7. The van der Waals surface area contributed by atoms with Gasteiger partial charge in [-0.25, -0.2) is 9.59 Å². The molecule has 0 aromatic heterocycles. The molecule has 0 saturated carbocycles. The summed E-state index contributed by atoms with van der Waals surface area (Å²) in [4.78, 5) is 25.2. The number of nitrogens with one attached hydrogen (secondary N) is 4. The lowest BCUT2D eigenvalue weighted by Crippen LogP contribution is -2.23. The van der Waals surface area contributed by atoms with Gasteiger partial charge in [-0.2, -0.15) is 0 Å². The Balaban J connectivity index is 1.55. The van der Waals surface area contributed by atoms with Crippen molar-refractivity contribution in [1.29, 1.82) is 0 Å². The molecule has 0 unspecified atom stereocenters. The number of carbonyl (C=O) groups excluding carboxylic acids is 2. The first-order chi connectivity index (χ1) is 15.5. The summed E-state index contributed by atoms with van der Waals surface area (Å²) in [7, 11) is 0. The molecule has 0 atom stereocenters. The summed E-state index contributed by atoms with van der Waals surface area (Å²) in [6.45, 7) is 3.97. The Morgan fingerprint density at radius 1 is 0.531 bits per heavy atom. The maximum absolute atomic E-state index is 12.6. The molecule has 4 rings (SSSR count). The normalized spacial score (nSPS) is 10.4. The third-order valence-electron chi connectivity index (χ3n) is 5.00. The summed E-state index contributed by atoms with van der Waals surface area (Å²) in [5, 5.41) is 13.2. The molecular weight excluding hydrogens is 400 g/mol. The fraction of sp³-hybridized carbons (Fsp3) is 0.0769. The minimum Gasteiger partial charge on any atom is -0.308 e. The van der Waals surface area contributed by atoms with Crippen LogP contribution < -0.4 is 21.3 Å². The first kappa shape index (κ1) is 20.9. The second-order valence-corrected chi connectivity index (χ2v) is 7.64. The molecule has 0 saturated heterocycles. The van der Waals surface area contributed by atoms with Crippen molar-refractivity contribution in [3.8, 4) is 0 Å². The number of aryl methyl sites for hydroxylation is 2. The molecule has 0 aliphatic carbocycles. The Morgan fingerprint density at radius 3 is 1.28 bits per heavy atom. The van der Waals surface area contributed by atoms with E-state index >= 15 is 0 Å². The first-order valence-electron chi connectivity index (χ1n) is 10.3. The van der Waals surface area contributed by atoms with Gasteiger partial charge in [0.05, 0.1) is 11.4 Å². The Morgan fingerprint density at radius 2 is 0.906 bits per heavy atom. The second-order valence-electron chi connectivity index (χ2n) is 7.64. The van der Waals surface area contributed by atoms with Gasteiger partial charge in [-0.1, -0.05) is 59.7 Å². The van der Waals surface area contributed by atoms with E-state index in [4.69, 9.17) is 0 Å². The standard InChI is InChI=1S/C26H24N4O2/c1-17-7-11-21(12-8-17)27-25(31)29-23-15-19-5-3-4-6-20(19)16-24(23)30-26(32)28-22-13-9-18(2)10-14-22/h3-16H,1-2H3,(H2,27,29,31)(H2,28,30,32). The summed E-state index contributed by atoms with van der Waals surface area (Å²) in [5.74, 6) is 0. The number of amides is 4. The predicted octanol–water partition coefficient (Wildman–Crippen LogP) is 6.74. The van der Waals surface area contributed by atoms with Gasteiger partial charge in [0, 0.05) is 11.4 Å². The molecule has 32 heavy (non-hydrogen) atoms. The fourth-order valence-corrected chi connectivity index (χ4v) is 3.29. The largest absolute Gasteiger partial charge is 0.323 e. The summed E-state index contributed by atoms with van der Waals surface area (Å²) < 4.78 is 0. The highest BCUT2D eigenvalue weighted by molar-refractivity contribution is 6.08. The van der Waals surface area contributed by atoms with E-state index in [-0.39, 0.29) is 0 Å². The summed E-state index contributed by atoms with van der Waals surface area (Å²) >= 11 is 0. The van der Waals surface area contributed by atoms with Crippen molar-refractivity contribution in [2.75, 3.05) is 21.3 Å². The molecule has 4 N–H and O–H groups in total. The molecule has 6 nitrogen and oxygen atoms in total. The van der Waals surface area contributed by atoms with Crippen LogP contribution in [0.4, 0.5) is 32.3 Å². The number of benzene rings is 4. The number of carbonyl (C=O) groups is 2.